The quantitative estimate of drug-likeness (QED) is 0.0429. The summed E-state index contributed by atoms with van der Waals surface area (Å²) in [7, 11) is 0. The third kappa shape index (κ3) is 55.0. The number of ether oxygens (including phenoxy) is 12. The van der Waals surface area contributed by atoms with E-state index in [2.05, 4.69) is 13.8 Å². The highest BCUT2D eigenvalue weighted by molar-refractivity contribution is 5.69. The first-order valence-electron chi connectivity index (χ1n) is 23.8. The van der Waals surface area contributed by atoms with Gasteiger partial charge in [-0.1, -0.05) is 123 Å². The number of esters is 1. The van der Waals surface area contributed by atoms with Crippen LogP contribution in [-0.2, 0) is 61.6 Å². The van der Waals surface area contributed by atoms with Crippen molar-refractivity contribution in [3.8, 4) is 0 Å². The monoisotopic (exact) mass is 853 g/mol. The Balaban J connectivity index is 3.12. The SMILES string of the molecule is CCCCCCCCCCCCCCCCCC(=O)OCCOCCOCCOCCOCCOCCOCCOCCOCCOCCOCCOCCCCCC. The summed E-state index contributed by atoms with van der Waals surface area (Å²) in [5.41, 5.74) is 0. The predicted molar refractivity (Wildman–Crippen MR) is 234 cm³/mol. The fraction of sp³-hybridized carbons (Fsp3) is 0.978. The minimum absolute atomic E-state index is 0.129. The molecule has 0 saturated carbocycles. The molecule has 0 atom stereocenters. The van der Waals surface area contributed by atoms with Crippen molar-refractivity contribution < 1.29 is 61.6 Å². The molecule has 0 radical (unpaired) electrons. The summed E-state index contributed by atoms with van der Waals surface area (Å²) in [6.45, 7) is 16.4. The van der Waals surface area contributed by atoms with Gasteiger partial charge in [0.1, 0.15) is 6.61 Å². The highest BCUT2D eigenvalue weighted by Crippen LogP contribution is 2.14. The van der Waals surface area contributed by atoms with Crippen molar-refractivity contribution in [2.24, 2.45) is 0 Å². The summed E-state index contributed by atoms with van der Waals surface area (Å²) in [5.74, 6) is -0.129. The van der Waals surface area contributed by atoms with Gasteiger partial charge in [0.15, 0.2) is 0 Å². The zero-order valence-electron chi connectivity index (χ0n) is 38.2. The first-order valence-corrected chi connectivity index (χ1v) is 23.8. The van der Waals surface area contributed by atoms with Crippen LogP contribution in [0.3, 0.4) is 0 Å². The van der Waals surface area contributed by atoms with Crippen molar-refractivity contribution in [1.29, 1.82) is 0 Å². The van der Waals surface area contributed by atoms with E-state index in [1.165, 1.54) is 103 Å². The van der Waals surface area contributed by atoms with Gasteiger partial charge < -0.3 is 56.8 Å². The van der Waals surface area contributed by atoms with Crippen LogP contribution in [0.5, 0.6) is 0 Å². The van der Waals surface area contributed by atoms with Gasteiger partial charge in [-0.2, -0.15) is 0 Å². The van der Waals surface area contributed by atoms with E-state index >= 15 is 0 Å². The molecule has 0 aliphatic rings. The number of carbonyl (C=O) groups is 1. The van der Waals surface area contributed by atoms with Gasteiger partial charge in [-0.15, -0.1) is 0 Å². The van der Waals surface area contributed by atoms with E-state index in [1.54, 1.807) is 0 Å². The lowest BCUT2D eigenvalue weighted by Gasteiger charge is -2.09. The molecule has 0 fully saturated rings. The summed E-state index contributed by atoms with van der Waals surface area (Å²) < 4.78 is 65.9. The lowest BCUT2D eigenvalue weighted by Crippen LogP contribution is -2.15. The summed E-state index contributed by atoms with van der Waals surface area (Å²) in [4.78, 5) is 11.9. The molecule has 0 aromatic carbocycles. The Morgan fingerprint density at radius 3 is 0.712 bits per heavy atom. The van der Waals surface area contributed by atoms with Gasteiger partial charge in [0.25, 0.3) is 0 Å². The molecular weight excluding hydrogens is 760 g/mol. The standard InChI is InChI=1S/C46H92O13/c1-3-5-7-9-10-11-12-13-14-15-16-17-18-19-20-22-46(47)59-45-44-58-43-42-57-41-40-56-39-38-55-37-36-54-35-34-53-33-32-52-31-30-51-29-28-50-27-26-49-25-24-48-23-21-8-6-4-2/h3-45H2,1-2H3. The first kappa shape index (κ1) is 58.0. The van der Waals surface area contributed by atoms with E-state index in [0.717, 1.165) is 25.9 Å². The molecule has 0 bridgehead atoms. The van der Waals surface area contributed by atoms with E-state index < -0.39 is 0 Å². The van der Waals surface area contributed by atoms with Crippen LogP contribution in [0.4, 0.5) is 0 Å². The van der Waals surface area contributed by atoms with Crippen LogP contribution in [0.2, 0.25) is 0 Å². The third-order valence-electron chi connectivity index (χ3n) is 9.34. The maximum Gasteiger partial charge on any atom is 0.305 e. The number of hydrogen-bond donors (Lipinski definition) is 0. The molecule has 354 valence electrons. The summed E-state index contributed by atoms with van der Waals surface area (Å²) in [6.07, 6.45) is 25.1. The molecule has 0 unspecified atom stereocenters. The number of carbonyl (C=O) groups excluding carboxylic acids is 1. The molecule has 0 N–H and O–H groups in total. The van der Waals surface area contributed by atoms with Crippen molar-refractivity contribution >= 4 is 5.97 Å². The van der Waals surface area contributed by atoms with Crippen LogP contribution in [0.15, 0.2) is 0 Å². The Morgan fingerprint density at radius 1 is 0.237 bits per heavy atom. The largest absolute Gasteiger partial charge is 0.463 e. The molecule has 0 aromatic heterocycles. The third-order valence-corrected chi connectivity index (χ3v) is 9.34. The van der Waals surface area contributed by atoms with Gasteiger partial charge in [0, 0.05) is 13.0 Å². The Bertz CT molecular complexity index is 764. The van der Waals surface area contributed by atoms with Crippen molar-refractivity contribution in [2.75, 3.05) is 152 Å². The maximum absolute atomic E-state index is 11.9. The zero-order chi connectivity index (χ0) is 42.5. The second-order valence-electron chi connectivity index (χ2n) is 14.7. The van der Waals surface area contributed by atoms with Crippen LogP contribution in [-0.4, -0.2) is 158 Å². The summed E-state index contributed by atoms with van der Waals surface area (Å²) in [5, 5.41) is 0. The van der Waals surface area contributed by atoms with Gasteiger partial charge >= 0.3 is 5.97 Å². The van der Waals surface area contributed by atoms with Crippen molar-refractivity contribution in [2.45, 2.75) is 142 Å². The average molecular weight is 853 g/mol. The fourth-order valence-corrected chi connectivity index (χ4v) is 5.86. The highest BCUT2D eigenvalue weighted by atomic mass is 16.6. The molecule has 0 aliphatic carbocycles. The van der Waals surface area contributed by atoms with Gasteiger partial charge in [0.2, 0.25) is 0 Å². The van der Waals surface area contributed by atoms with E-state index in [4.69, 9.17) is 56.8 Å². The Hall–Kier alpha value is -0.970. The molecule has 0 amide bonds. The van der Waals surface area contributed by atoms with Crippen LogP contribution in [0.25, 0.3) is 0 Å². The van der Waals surface area contributed by atoms with Crippen LogP contribution in [0.1, 0.15) is 142 Å². The van der Waals surface area contributed by atoms with Gasteiger partial charge in [-0.3, -0.25) is 4.79 Å². The lowest BCUT2D eigenvalue weighted by molar-refractivity contribution is -0.145. The molecule has 0 heterocycles. The average Bonchev–Trinajstić information content (AvgIpc) is 3.24. The van der Waals surface area contributed by atoms with E-state index in [-0.39, 0.29) is 12.6 Å². The van der Waals surface area contributed by atoms with E-state index in [1.807, 2.05) is 0 Å². The first-order chi connectivity index (χ1) is 29.3. The fourth-order valence-electron chi connectivity index (χ4n) is 5.86. The summed E-state index contributed by atoms with van der Waals surface area (Å²) >= 11 is 0. The molecule has 0 spiro atoms. The topological polar surface area (TPSA) is 128 Å². The second-order valence-corrected chi connectivity index (χ2v) is 14.7. The lowest BCUT2D eigenvalue weighted by atomic mass is 10.0. The number of hydrogen-bond acceptors (Lipinski definition) is 13. The summed E-state index contributed by atoms with van der Waals surface area (Å²) in [6, 6.07) is 0. The Morgan fingerprint density at radius 2 is 0.441 bits per heavy atom. The maximum atomic E-state index is 11.9. The van der Waals surface area contributed by atoms with Gasteiger partial charge in [-0.05, 0) is 12.8 Å². The molecule has 0 aromatic rings. The van der Waals surface area contributed by atoms with E-state index in [0.29, 0.717) is 145 Å². The number of rotatable bonds is 54. The minimum Gasteiger partial charge on any atom is -0.463 e. The molecule has 0 rings (SSSR count). The molecule has 59 heavy (non-hydrogen) atoms. The van der Waals surface area contributed by atoms with Crippen LogP contribution >= 0.6 is 0 Å². The predicted octanol–water partition coefficient (Wildman–Crippen LogP) is 8.55. The molecule has 0 aliphatic heterocycles. The number of unbranched alkanes of at least 4 members (excludes halogenated alkanes) is 17. The zero-order valence-corrected chi connectivity index (χ0v) is 38.2. The minimum atomic E-state index is -0.129. The second kappa shape index (κ2) is 55.0. The van der Waals surface area contributed by atoms with Crippen molar-refractivity contribution in [1.82, 2.24) is 0 Å². The Kier molecular flexibility index (Phi) is 54.1. The normalized spacial score (nSPS) is 11.6. The van der Waals surface area contributed by atoms with Crippen molar-refractivity contribution in [3.63, 3.8) is 0 Å². The molecule has 0 saturated heterocycles. The van der Waals surface area contributed by atoms with Gasteiger partial charge in [0.05, 0.1) is 139 Å². The van der Waals surface area contributed by atoms with Crippen LogP contribution < -0.4 is 0 Å². The van der Waals surface area contributed by atoms with Crippen molar-refractivity contribution in [3.05, 3.63) is 0 Å². The molecule has 13 heteroatoms. The van der Waals surface area contributed by atoms with E-state index in [9.17, 15) is 4.79 Å². The smallest absolute Gasteiger partial charge is 0.305 e. The Labute approximate surface area is 361 Å². The molecule has 13 nitrogen and oxygen atoms in total. The highest BCUT2D eigenvalue weighted by Gasteiger charge is 2.03. The van der Waals surface area contributed by atoms with Gasteiger partial charge in [-0.25, -0.2) is 0 Å². The van der Waals surface area contributed by atoms with Crippen LogP contribution in [0, 0.1) is 0 Å². The molecular formula is C46H92O13.